The van der Waals surface area contributed by atoms with E-state index in [0.29, 0.717) is 35.5 Å². The molecule has 3 N–H and O–H groups in total. The zero-order valence-electron chi connectivity index (χ0n) is 22.0. The number of carbonyl (C=O) groups excluding carboxylic acids is 2. The molecule has 0 unspecified atom stereocenters. The van der Waals surface area contributed by atoms with E-state index in [4.69, 9.17) is 11.6 Å². The molecule has 1 amide bonds. The highest BCUT2D eigenvalue weighted by Crippen LogP contribution is 2.57. The van der Waals surface area contributed by atoms with E-state index in [0.717, 1.165) is 18.9 Å². The van der Waals surface area contributed by atoms with Gasteiger partial charge in [0.15, 0.2) is 17.4 Å². The summed E-state index contributed by atoms with van der Waals surface area (Å²) in [5.74, 6) is -3.38. The van der Waals surface area contributed by atoms with Crippen LogP contribution in [0.25, 0.3) is 0 Å². The molecule has 3 aliphatic rings. The van der Waals surface area contributed by atoms with Gasteiger partial charge in [0.05, 0.1) is 12.1 Å². The zero-order chi connectivity index (χ0) is 27.4. The summed E-state index contributed by atoms with van der Waals surface area (Å²) in [5, 5.41) is 16.8. The number of hydrogen-bond donors (Lipinski definition) is 3. The second-order valence-corrected chi connectivity index (χ2v) is 12.9. The fourth-order valence-corrected chi connectivity index (χ4v) is 7.14. The van der Waals surface area contributed by atoms with Crippen LogP contribution in [-0.4, -0.2) is 35.0 Å². The minimum Gasteiger partial charge on any atom is -0.393 e. The molecule has 1 spiro atoms. The maximum atomic E-state index is 15.6. The molecule has 8 heteroatoms. The second kappa shape index (κ2) is 10.00. The van der Waals surface area contributed by atoms with Gasteiger partial charge in [-0.15, -0.1) is 0 Å². The van der Waals surface area contributed by atoms with Gasteiger partial charge in [-0.1, -0.05) is 50.6 Å². The summed E-state index contributed by atoms with van der Waals surface area (Å²) in [6.45, 7) is 6.16. The molecule has 2 aliphatic heterocycles. The van der Waals surface area contributed by atoms with Crippen molar-refractivity contribution in [1.29, 1.82) is 0 Å². The van der Waals surface area contributed by atoms with Crippen molar-refractivity contribution in [2.24, 2.45) is 11.3 Å². The summed E-state index contributed by atoms with van der Waals surface area (Å²) in [5.41, 5.74) is -0.393. The molecule has 1 aliphatic carbocycles. The lowest BCUT2D eigenvalue weighted by molar-refractivity contribution is -0.123. The Labute approximate surface area is 227 Å². The first kappa shape index (κ1) is 27.2. The first-order chi connectivity index (χ1) is 17.9. The van der Waals surface area contributed by atoms with Gasteiger partial charge in [0.25, 0.3) is 0 Å². The molecular weight excluding hydrogens is 510 g/mol. The number of hydrogen-bond acceptors (Lipinski definition) is 4. The van der Waals surface area contributed by atoms with E-state index in [1.54, 1.807) is 18.2 Å². The quantitative estimate of drug-likeness (QED) is 0.439. The zero-order valence-corrected chi connectivity index (χ0v) is 22.7. The molecule has 0 aromatic heterocycles. The fourth-order valence-electron chi connectivity index (χ4n) is 6.96. The highest BCUT2D eigenvalue weighted by molar-refractivity contribution is 6.31. The van der Waals surface area contributed by atoms with Crippen LogP contribution in [-0.2, 0) is 15.0 Å². The maximum Gasteiger partial charge on any atom is 0.237 e. The molecule has 2 fully saturated rings. The minimum atomic E-state index is -1.34. The predicted molar refractivity (Wildman–Crippen MR) is 143 cm³/mol. The van der Waals surface area contributed by atoms with Gasteiger partial charge >= 0.3 is 0 Å². The van der Waals surface area contributed by atoms with Crippen molar-refractivity contribution in [2.45, 2.75) is 88.8 Å². The Balaban J connectivity index is 1.67. The number of rotatable bonds is 5. The molecule has 0 bridgehead atoms. The Morgan fingerprint density at radius 1 is 1.13 bits per heavy atom. The summed E-state index contributed by atoms with van der Waals surface area (Å²) in [7, 11) is 0. The number of benzene rings is 2. The maximum absolute atomic E-state index is 15.6. The van der Waals surface area contributed by atoms with E-state index in [2.05, 4.69) is 31.4 Å². The fraction of sp³-hybridized carbons (Fsp3) is 0.533. The molecule has 5 rings (SSSR count). The number of aliphatic hydroxyl groups excluding tert-OH is 1. The van der Waals surface area contributed by atoms with E-state index in [1.807, 2.05) is 0 Å². The molecule has 5 nitrogen and oxygen atoms in total. The van der Waals surface area contributed by atoms with Gasteiger partial charge in [-0.3, -0.25) is 9.59 Å². The van der Waals surface area contributed by atoms with Crippen LogP contribution >= 0.6 is 11.6 Å². The highest BCUT2D eigenvalue weighted by atomic mass is 35.5. The molecule has 204 valence electrons. The Bertz CT molecular complexity index is 1250. The van der Waals surface area contributed by atoms with E-state index in [1.165, 1.54) is 12.1 Å². The molecular formula is C30H35ClF2N2O3. The van der Waals surface area contributed by atoms with Gasteiger partial charge in [0.2, 0.25) is 5.91 Å². The smallest absolute Gasteiger partial charge is 0.237 e. The number of halogens is 3. The standard InChI is InChI=1S/C30H35ClF2N2O3/c1-29(2,3)15-24-30(20-12-9-17(31)14-22(20)34-28(30)38)25(19-5-4-6-21(32)26(19)33)27(35-24)23(37)13-16-7-10-18(36)11-8-16/h4-6,9,12,14,16,18,24-25,27,35-36H,7-8,10-11,13,15H2,1-3H3,(H,34,38)/t16?,18?,24-,25-,27-,30+/m0/s1. The van der Waals surface area contributed by atoms with Crippen LogP contribution in [0, 0.1) is 23.0 Å². The van der Waals surface area contributed by atoms with Crippen molar-refractivity contribution in [3.05, 3.63) is 64.2 Å². The highest BCUT2D eigenvalue weighted by Gasteiger charge is 2.66. The van der Waals surface area contributed by atoms with Crippen molar-refractivity contribution >= 4 is 29.0 Å². The predicted octanol–water partition coefficient (Wildman–Crippen LogP) is 5.88. The van der Waals surface area contributed by atoms with Crippen molar-refractivity contribution in [3.63, 3.8) is 0 Å². The number of amides is 1. The number of Topliss-reactive ketones (excluding diaryl/α,β-unsaturated/α-hetero) is 1. The Morgan fingerprint density at radius 3 is 2.53 bits per heavy atom. The van der Waals surface area contributed by atoms with E-state index < -0.39 is 35.1 Å². The van der Waals surface area contributed by atoms with Crippen LogP contribution in [0.15, 0.2) is 36.4 Å². The summed E-state index contributed by atoms with van der Waals surface area (Å²) in [6.07, 6.45) is 3.19. The molecule has 0 radical (unpaired) electrons. The third-order valence-electron chi connectivity index (χ3n) is 8.59. The monoisotopic (exact) mass is 544 g/mol. The van der Waals surface area contributed by atoms with Gasteiger partial charge < -0.3 is 15.7 Å². The minimum absolute atomic E-state index is 0.0178. The third-order valence-corrected chi connectivity index (χ3v) is 8.83. The largest absolute Gasteiger partial charge is 0.393 e. The first-order valence-corrected chi connectivity index (χ1v) is 13.8. The Kier molecular flexibility index (Phi) is 7.16. The van der Waals surface area contributed by atoms with E-state index >= 15 is 4.39 Å². The molecule has 1 saturated carbocycles. The number of carbonyl (C=O) groups is 2. The van der Waals surface area contributed by atoms with Crippen molar-refractivity contribution < 1.29 is 23.5 Å². The lowest BCUT2D eigenvalue weighted by Gasteiger charge is -2.37. The van der Waals surface area contributed by atoms with Gasteiger partial charge in [0.1, 0.15) is 5.41 Å². The van der Waals surface area contributed by atoms with Gasteiger partial charge in [-0.2, -0.15) is 0 Å². The summed E-state index contributed by atoms with van der Waals surface area (Å²) in [6, 6.07) is 7.69. The van der Waals surface area contributed by atoms with Crippen LogP contribution in [0.1, 0.15) is 76.3 Å². The number of nitrogens with one attached hydrogen (secondary N) is 2. The molecule has 2 aromatic rings. The second-order valence-electron chi connectivity index (χ2n) is 12.4. The first-order valence-electron chi connectivity index (χ1n) is 13.4. The van der Waals surface area contributed by atoms with Crippen LogP contribution in [0.2, 0.25) is 5.02 Å². The third kappa shape index (κ3) is 4.67. The number of aliphatic hydroxyl groups is 1. The molecule has 2 heterocycles. The summed E-state index contributed by atoms with van der Waals surface area (Å²) in [4.78, 5) is 28.1. The van der Waals surface area contributed by atoms with Gasteiger partial charge in [0, 0.05) is 29.1 Å². The van der Waals surface area contributed by atoms with E-state index in [9.17, 15) is 19.1 Å². The average Bonchev–Trinajstić information content (AvgIpc) is 3.31. The molecule has 2 aromatic carbocycles. The lowest BCUT2D eigenvalue weighted by Crippen LogP contribution is -2.49. The lowest BCUT2D eigenvalue weighted by atomic mass is 9.62. The topological polar surface area (TPSA) is 78.4 Å². The van der Waals surface area contributed by atoms with Gasteiger partial charge in [-0.25, -0.2) is 8.78 Å². The number of fused-ring (bicyclic) bond motifs is 2. The van der Waals surface area contributed by atoms with E-state index in [-0.39, 0.29) is 41.1 Å². The van der Waals surface area contributed by atoms with Crippen LogP contribution in [0.3, 0.4) is 0 Å². The molecule has 1 saturated heterocycles. The van der Waals surface area contributed by atoms with Gasteiger partial charge in [-0.05, 0) is 72.8 Å². The number of anilines is 1. The SMILES string of the molecule is CC(C)(C)C[C@@H]1N[C@@H](C(=O)CC2CCC(O)CC2)[C@H](c2cccc(F)c2F)[C@]12C(=O)Nc1cc(Cl)ccc12. The van der Waals surface area contributed by atoms with Crippen LogP contribution in [0.4, 0.5) is 14.5 Å². The Hall–Kier alpha value is -2.35. The average molecular weight is 545 g/mol. The summed E-state index contributed by atoms with van der Waals surface area (Å²) >= 11 is 6.26. The normalized spacial score (nSPS) is 30.9. The van der Waals surface area contributed by atoms with Crippen LogP contribution < -0.4 is 10.6 Å². The summed E-state index contributed by atoms with van der Waals surface area (Å²) < 4.78 is 30.2. The van der Waals surface area contributed by atoms with Crippen LogP contribution in [0.5, 0.6) is 0 Å². The Morgan fingerprint density at radius 2 is 1.84 bits per heavy atom. The molecule has 38 heavy (non-hydrogen) atoms. The van der Waals surface area contributed by atoms with Crippen molar-refractivity contribution in [3.8, 4) is 0 Å². The number of ketones is 1. The van der Waals surface area contributed by atoms with Crippen molar-refractivity contribution in [1.82, 2.24) is 5.32 Å². The molecule has 4 atom stereocenters. The van der Waals surface area contributed by atoms with Crippen molar-refractivity contribution in [2.75, 3.05) is 5.32 Å².